The Bertz CT molecular complexity index is 1050. The number of nitrogens with one attached hydrogen (secondary N) is 2. The number of anilines is 3. The summed E-state index contributed by atoms with van der Waals surface area (Å²) in [6, 6.07) is 4.56. The lowest BCUT2D eigenvalue weighted by Gasteiger charge is -2.49. The maximum absolute atomic E-state index is 12.4. The standard InChI is InChI=1S/C24H33N7O3/c1-15-11-22(29-28-15)26-21-14-20(16-7-9-34-10-8-16)25-23(27-21)30(2)19-12-17-5-4-6-18(13-19)31(17)24(32)33-3/h7,11,14,17-19H,4-6,8-10,12-13H2,1-3H3,(H2,25,26,27,28,29)/t17-,18+,19?. The van der Waals surface area contributed by atoms with E-state index in [0.29, 0.717) is 25.0 Å². The average Bonchev–Trinajstić information content (AvgIpc) is 3.26. The van der Waals surface area contributed by atoms with Gasteiger partial charge in [0.1, 0.15) is 5.82 Å². The molecule has 2 N–H and O–H groups in total. The van der Waals surface area contributed by atoms with Crippen molar-refractivity contribution in [3.63, 3.8) is 0 Å². The molecule has 2 bridgehead atoms. The number of hydrogen-bond acceptors (Lipinski definition) is 8. The molecule has 2 aromatic rings. The van der Waals surface area contributed by atoms with Gasteiger partial charge in [0, 0.05) is 43.0 Å². The Morgan fingerprint density at radius 2 is 2.03 bits per heavy atom. The predicted octanol–water partition coefficient (Wildman–Crippen LogP) is 3.64. The quantitative estimate of drug-likeness (QED) is 0.686. The van der Waals surface area contributed by atoms with E-state index >= 15 is 0 Å². The summed E-state index contributed by atoms with van der Waals surface area (Å²) in [5, 5.41) is 10.6. The molecule has 0 aromatic carbocycles. The molecule has 1 unspecified atom stereocenters. The number of aryl methyl sites for hydroxylation is 1. The minimum Gasteiger partial charge on any atom is -0.453 e. The molecule has 2 fully saturated rings. The summed E-state index contributed by atoms with van der Waals surface area (Å²) in [6.07, 6.45) is 7.64. The van der Waals surface area contributed by atoms with Gasteiger partial charge >= 0.3 is 6.09 Å². The summed E-state index contributed by atoms with van der Waals surface area (Å²) in [7, 11) is 3.53. The van der Waals surface area contributed by atoms with E-state index in [2.05, 4.69) is 33.5 Å². The minimum absolute atomic E-state index is 0.193. The van der Waals surface area contributed by atoms with Crippen LogP contribution >= 0.6 is 0 Å². The van der Waals surface area contributed by atoms with Gasteiger partial charge in [-0.1, -0.05) is 6.08 Å². The van der Waals surface area contributed by atoms with Gasteiger partial charge < -0.3 is 24.6 Å². The first-order valence-corrected chi connectivity index (χ1v) is 12.1. The van der Waals surface area contributed by atoms with Crippen LogP contribution in [0.5, 0.6) is 0 Å². The predicted molar refractivity (Wildman–Crippen MR) is 129 cm³/mol. The van der Waals surface area contributed by atoms with Gasteiger partial charge in [-0.2, -0.15) is 10.1 Å². The summed E-state index contributed by atoms with van der Waals surface area (Å²) in [6.45, 7) is 3.26. The smallest absolute Gasteiger partial charge is 0.409 e. The Kier molecular flexibility index (Phi) is 6.40. The molecular formula is C24H33N7O3. The van der Waals surface area contributed by atoms with Crippen LogP contribution in [0, 0.1) is 6.92 Å². The van der Waals surface area contributed by atoms with Gasteiger partial charge in [0.25, 0.3) is 0 Å². The molecule has 34 heavy (non-hydrogen) atoms. The van der Waals surface area contributed by atoms with Crippen molar-refractivity contribution in [1.29, 1.82) is 0 Å². The van der Waals surface area contributed by atoms with E-state index in [4.69, 9.17) is 19.4 Å². The third-order valence-corrected chi connectivity index (χ3v) is 7.17. The largest absolute Gasteiger partial charge is 0.453 e. The van der Waals surface area contributed by atoms with Crippen LogP contribution in [-0.2, 0) is 9.47 Å². The first kappa shape index (κ1) is 22.6. The summed E-state index contributed by atoms with van der Waals surface area (Å²) in [5.41, 5.74) is 3.05. The number of nitrogens with zero attached hydrogens (tertiary/aromatic N) is 5. The maximum atomic E-state index is 12.4. The van der Waals surface area contributed by atoms with Crippen molar-refractivity contribution in [2.75, 3.05) is 37.6 Å². The SMILES string of the molecule is COC(=O)N1[C@@H]2CCC[C@H]1CC(N(C)c1nc(Nc3cc(C)[nH]n3)cc(C3=CCOCC3)n1)C2. The molecule has 1 amide bonds. The number of carbonyl (C=O) groups excluding carboxylic acids is 1. The Balaban J connectivity index is 1.43. The molecule has 3 aliphatic rings. The van der Waals surface area contributed by atoms with Crippen LogP contribution in [0.2, 0.25) is 0 Å². The lowest BCUT2D eigenvalue weighted by Crippen LogP contribution is -2.58. The van der Waals surface area contributed by atoms with Gasteiger partial charge in [0.15, 0.2) is 5.82 Å². The van der Waals surface area contributed by atoms with E-state index < -0.39 is 0 Å². The van der Waals surface area contributed by atoms with E-state index in [1.807, 2.05) is 24.0 Å². The second kappa shape index (κ2) is 9.61. The number of ether oxygens (including phenoxy) is 2. The molecule has 0 radical (unpaired) electrons. The van der Waals surface area contributed by atoms with Gasteiger partial charge in [-0.3, -0.25) is 5.10 Å². The number of carbonyl (C=O) groups is 1. The van der Waals surface area contributed by atoms with Crippen molar-refractivity contribution in [2.24, 2.45) is 0 Å². The third kappa shape index (κ3) is 4.59. The van der Waals surface area contributed by atoms with Crippen LogP contribution in [0.15, 0.2) is 18.2 Å². The topological polar surface area (TPSA) is 109 Å². The van der Waals surface area contributed by atoms with Gasteiger partial charge in [-0.05, 0) is 51.0 Å². The first-order valence-electron chi connectivity index (χ1n) is 12.1. The Hall–Kier alpha value is -3.14. The highest BCUT2D eigenvalue weighted by Gasteiger charge is 2.43. The molecule has 3 atom stereocenters. The molecule has 10 heteroatoms. The second-order valence-electron chi connectivity index (χ2n) is 9.41. The zero-order chi connectivity index (χ0) is 23.7. The lowest BCUT2D eigenvalue weighted by molar-refractivity contribution is 0.0260. The molecule has 0 spiro atoms. The Morgan fingerprint density at radius 1 is 1.24 bits per heavy atom. The number of methoxy groups -OCH3 is 1. The highest BCUT2D eigenvalue weighted by Crippen LogP contribution is 2.37. The van der Waals surface area contributed by atoms with Crippen LogP contribution in [0.3, 0.4) is 0 Å². The zero-order valence-corrected chi connectivity index (χ0v) is 20.1. The highest BCUT2D eigenvalue weighted by molar-refractivity contribution is 5.69. The van der Waals surface area contributed by atoms with E-state index in [1.165, 1.54) is 12.7 Å². The number of piperidine rings is 2. The number of aromatic nitrogens is 4. The van der Waals surface area contributed by atoms with Crippen LogP contribution in [0.25, 0.3) is 5.57 Å². The van der Waals surface area contributed by atoms with Crippen LogP contribution in [0.1, 0.15) is 49.9 Å². The van der Waals surface area contributed by atoms with Gasteiger partial charge in [-0.25, -0.2) is 9.78 Å². The molecule has 5 heterocycles. The second-order valence-corrected chi connectivity index (χ2v) is 9.41. The number of aromatic amines is 1. The van der Waals surface area contributed by atoms with Crippen molar-refractivity contribution < 1.29 is 14.3 Å². The molecule has 2 saturated heterocycles. The van der Waals surface area contributed by atoms with E-state index in [1.54, 1.807) is 0 Å². The monoisotopic (exact) mass is 467 g/mol. The van der Waals surface area contributed by atoms with Crippen LogP contribution in [0.4, 0.5) is 22.4 Å². The van der Waals surface area contributed by atoms with E-state index in [9.17, 15) is 4.79 Å². The number of rotatable bonds is 5. The van der Waals surface area contributed by atoms with Crippen molar-refractivity contribution in [1.82, 2.24) is 25.1 Å². The summed E-state index contributed by atoms with van der Waals surface area (Å²) in [4.78, 5) is 26.4. The summed E-state index contributed by atoms with van der Waals surface area (Å²) >= 11 is 0. The molecule has 2 aromatic heterocycles. The Morgan fingerprint density at radius 3 is 2.68 bits per heavy atom. The lowest BCUT2D eigenvalue weighted by atomic mass is 9.81. The summed E-state index contributed by atoms with van der Waals surface area (Å²) < 4.78 is 10.6. The normalized spacial score (nSPS) is 24.4. The number of hydrogen-bond donors (Lipinski definition) is 2. The Labute approximate surface area is 199 Å². The van der Waals surface area contributed by atoms with Gasteiger partial charge in [0.2, 0.25) is 5.95 Å². The molecule has 182 valence electrons. The minimum atomic E-state index is -0.207. The van der Waals surface area contributed by atoms with Crippen molar-refractivity contribution >= 4 is 29.3 Å². The highest BCUT2D eigenvalue weighted by atomic mass is 16.5. The van der Waals surface area contributed by atoms with Crippen molar-refractivity contribution in [2.45, 2.75) is 63.6 Å². The first-order chi connectivity index (χ1) is 16.5. The third-order valence-electron chi connectivity index (χ3n) is 7.17. The van der Waals surface area contributed by atoms with Gasteiger partial charge in [-0.15, -0.1) is 0 Å². The average molecular weight is 468 g/mol. The maximum Gasteiger partial charge on any atom is 0.409 e. The molecule has 10 nitrogen and oxygen atoms in total. The molecule has 5 rings (SSSR count). The molecule has 0 saturated carbocycles. The number of fused-ring (bicyclic) bond motifs is 2. The zero-order valence-electron chi connectivity index (χ0n) is 20.1. The van der Waals surface area contributed by atoms with Crippen LogP contribution < -0.4 is 10.2 Å². The number of amides is 1. The van der Waals surface area contributed by atoms with E-state index in [0.717, 1.165) is 55.7 Å². The fraction of sp³-hybridized carbons (Fsp3) is 0.583. The fourth-order valence-electron chi connectivity index (χ4n) is 5.43. The van der Waals surface area contributed by atoms with Crippen LogP contribution in [-0.4, -0.2) is 76.7 Å². The van der Waals surface area contributed by atoms with Gasteiger partial charge in [0.05, 0.1) is 26.0 Å². The fourth-order valence-corrected chi connectivity index (χ4v) is 5.43. The molecule has 3 aliphatic heterocycles. The van der Waals surface area contributed by atoms with E-state index in [-0.39, 0.29) is 24.2 Å². The summed E-state index contributed by atoms with van der Waals surface area (Å²) in [5.74, 6) is 2.10. The van der Waals surface area contributed by atoms with Crippen molar-refractivity contribution in [3.8, 4) is 0 Å². The van der Waals surface area contributed by atoms with Crippen molar-refractivity contribution in [3.05, 3.63) is 29.6 Å². The molecular weight excluding hydrogens is 434 g/mol. The number of H-pyrrole nitrogens is 1. The molecule has 0 aliphatic carbocycles.